The lowest BCUT2D eigenvalue weighted by Gasteiger charge is -2.23. The molecule has 1 amide bonds. The Bertz CT molecular complexity index is 396. The van der Waals surface area contributed by atoms with Gasteiger partial charge in [-0.2, -0.15) is 4.37 Å². The van der Waals surface area contributed by atoms with Gasteiger partial charge in [0.25, 0.3) is 5.91 Å². The molecule has 1 fully saturated rings. The fraction of sp³-hybridized carbons (Fsp3) is 0.636. The lowest BCUT2D eigenvalue weighted by Crippen LogP contribution is -2.42. The standard InChI is InChI=1S/C11H17N3OS/c1-8-6-9(13-16-8)10(15)12-7-11(4-5-11)14(2)3/h6H,4-5,7H2,1-3H3,(H,12,15). The summed E-state index contributed by atoms with van der Waals surface area (Å²) in [6.45, 7) is 2.67. The maximum absolute atomic E-state index is 11.8. The second-order valence-corrected chi connectivity index (χ2v) is 5.63. The average Bonchev–Trinajstić information content (AvgIpc) is 2.92. The van der Waals surface area contributed by atoms with Gasteiger partial charge < -0.3 is 10.2 Å². The molecule has 0 bridgehead atoms. The summed E-state index contributed by atoms with van der Waals surface area (Å²) in [5.74, 6) is -0.0579. The molecule has 1 aromatic rings. The van der Waals surface area contributed by atoms with Crippen molar-refractivity contribution in [1.29, 1.82) is 0 Å². The van der Waals surface area contributed by atoms with E-state index in [-0.39, 0.29) is 11.4 Å². The summed E-state index contributed by atoms with van der Waals surface area (Å²) in [5, 5.41) is 2.96. The molecule has 1 heterocycles. The van der Waals surface area contributed by atoms with Crippen molar-refractivity contribution >= 4 is 17.4 Å². The van der Waals surface area contributed by atoms with E-state index in [9.17, 15) is 4.79 Å². The Labute approximate surface area is 99.8 Å². The van der Waals surface area contributed by atoms with Crippen LogP contribution in [0.15, 0.2) is 6.07 Å². The number of carbonyl (C=O) groups excluding carboxylic acids is 1. The van der Waals surface area contributed by atoms with E-state index in [0.717, 1.165) is 24.3 Å². The van der Waals surface area contributed by atoms with Crippen LogP contribution < -0.4 is 5.32 Å². The summed E-state index contributed by atoms with van der Waals surface area (Å²) in [5.41, 5.74) is 0.734. The van der Waals surface area contributed by atoms with Gasteiger partial charge in [0, 0.05) is 17.0 Å². The minimum atomic E-state index is -0.0579. The SMILES string of the molecule is Cc1cc(C(=O)NCC2(N(C)C)CC2)ns1. The van der Waals surface area contributed by atoms with Crippen LogP contribution in [-0.4, -0.2) is 41.4 Å². The van der Waals surface area contributed by atoms with Gasteiger partial charge in [-0.15, -0.1) is 0 Å². The lowest BCUT2D eigenvalue weighted by atomic mass is 10.2. The highest BCUT2D eigenvalue weighted by molar-refractivity contribution is 7.05. The van der Waals surface area contributed by atoms with Crippen LogP contribution in [0.2, 0.25) is 0 Å². The number of nitrogens with zero attached hydrogens (tertiary/aromatic N) is 2. The van der Waals surface area contributed by atoms with E-state index in [2.05, 4.69) is 28.7 Å². The second-order valence-electron chi connectivity index (χ2n) is 4.62. The normalized spacial score (nSPS) is 17.5. The monoisotopic (exact) mass is 239 g/mol. The van der Waals surface area contributed by atoms with Crippen molar-refractivity contribution in [3.63, 3.8) is 0 Å². The quantitative estimate of drug-likeness (QED) is 0.861. The zero-order valence-corrected chi connectivity index (χ0v) is 10.7. The van der Waals surface area contributed by atoms with Crippen molar-refractivity contribution in [1.82, 2.24) is 14.6 Å². The number of likely N-dealkylation sites (N-methyl/N-ethyl adjacent to an activating group) is 1. The van der Waals surface area contributed by atoms with Gasteiger partial charge in [-0.05, 0) is 51.5 Å². The predicted molar refractivity (Wildman–Crippen MR) is 64.8 cm³/mol. The Kier molecular flexibility index (Phi) is 2.99. The molecule has 5 heteroatoms. The Balaban J connectivity index is 1.89. The van der Waals surface area contributed by atoms with E-state index in [0.29, 0.717) is 5.69 Å². The van der Waals surface area contributed by atoms with Gasteiger partial charge in [-0.25, -0.2) is 0 Å². The number of hydrogen-bond acceptors (Lipinski definition) is 4. The Morgan fingerprint density at radius 2 is 2.31 bits per heavy atom. The minimum Gasteiger partial charge on any atom is -0.349 e. The number of hydrogen-bond donors (Lipinski definition) is 1. The van der Waals surface area contributed by atoms with Crippen molar-refractivity contribution in [2.24, 2.45) is 0 Å². The van der Waals surface area contributed by atoms with E-state index >= 15 is 0 Å². The van der Waals surface area contributed by atoms with Crippen LogP contribution in [0.25, 0.3) is 0 Å². The van der Waals surface area contributed by atoms with Crippen molar-refractivity contribution in [2.75, 3.05) is 20.6 Å². The first-order valence-electron chi connectivity index (χ1n) is 5.42. The molecule has 88 valence electrons. The molecule has 1 aliphatic rings. The first-order chi connectivity index (χ1) is 7.53. The molecule has 4 nitrogen and oxygen atoms in total. The van der Waals surface area contributed by atoms with Crippen molar-refractivity contribution in [2.45, 2.75) is 25.3 Å². The fourth-order valence-electron chi connectivity index (χ4n) is 1.74. The first kappa shape index (κ1) is 11.5. The molecule has 1 N–H and O–H groups in total. The molecule has 16 heavy (non-hydrogen) atoms. The van der Waals surface area contributed by atoms with Crippen molar-refractivity contribution in [3.05, 3.63) is 16.6 Å². The largest absolute Gasteiger partial charge is 0.349 e. The molecule has 0 saturated heterocycles. The molecule has 0 atom stereocenters. The average molecular weight is 239 g/mol. The van der Waals surface area contributed by atoms with Crippen LogP contribution in [0, 0.1) is 6.92 Å². The molecular formula is C11H17N3OS. The van der Waals surface area contributed by atoms with Crippen molar-refractivity contribution in [3.8, 4) is 0 Å². The Hall–Kier alpha value is -0.940. The lowest BCUT2D eigenvalue weighted by molar-refractivity contribution is 0.0934. The highest BCUT2D eigenvalue weighted by Crippen LogP contribution is 2.39. The van der Waals surface area contributed by atoms with Crippen LogP contribution in [0.5, 0.6) is 0 Å². The molecule has 0 unspecified atom stereocenters. The van der Waals surface area contributed by atoms with E-state index in [1.165, 1.54) is 11.5 Å². The van der Waals surface area contributed by atoms with Crippen molar-refractivity contribution < 1.29 is 4.79 Å². The third-order valence-electron chi connectivity index (χ3n) is 3.21. The number of aromatic nitrogens is 1. The molecule has 1 aliphatic carbocycles. The zero-order valence-electron chi connectivity index (χ0n) is 9.91. The van der Waals surface area contributed by atoms with Gasteiger partial charge in [0.15, 0.2) is 0 Å². The van der Waals surface area contributed by atoms with Gasteiger partial charge >= 0.3 is 0 Å². The van der Waals surface area contributed by atoms with Crippen LogP contribution in [-0.2, 0) is 0 Å². The van der Waals surface area contributed by atoms with Gasteiger partial charge in [0.05, 0.1) is 0 Å². The van der Waals surface area contributed by atoms with Crippen LogP contribution in [0.3, 0.4) is 0 Å². The van der Waals surface area contributed by atoms with Gasteiger partial charge in [-0.1, -0.05) is 0 Å². The molecule has 0 aromatic carbocycles. The molecule has 0 aliphatic heterocycles. The van der Waals surface area contributed by atoms with E-state index in [1.807, 2.05) is 13.0 Å². The summed E-state index contributed by atoms with van der Waals surface area (Å²) >= 11 is 1.37. The maximum atomic E-state index is 11.8. The van der Waals surface area contributed by atoms with Gasteiger partial charge in [0.2, 0.25) is 0 Å². The molecule has 2 rings (SSSR count). The molecule has 0 spiro atoms. The van der Waals surface area contributed by atoms with E-state index < -0.39 is 0 Å². The number of aryl methyl sites for hydroxylation is 1. The molecule has 1 saturated carbocycles. The molecule has 1 aromatic heterocycles. The third kappa shape index (κ3) is 2.25. The summed E-state index contributed by atoms with van der Waals surface area (Å²) in [6.07, 6.45) is 2.33. The first-order valence-corrected chi connectivity index (χ1v) is 6.20. The number of carbonyl (C=O) groups is 1. The Morgan fingerprint density at radius 1 is 1.62 bits per heavy atom. The highest BCUT2D eigenvalue weighted by Gasteiger charge is 2.44. The maximum Gasteiger partial charge on any atom is 0.271 e. The topological polar surface area (TPSA) is 45.2 Å². The van der Waals surface area contributed by atoms with Crippen LogP contribution in [0.4, 0.5) is 0 Å². The van der Waals surface area contributed by atoms with Gasteiger partial charge in [-0.3, -0.25) is 4.79 Å². The fourth-order valence-corrected chi connectivity index (χ4v) is 2.28. The molecular weight excluding hydrogens is 222 g/mol. The zero-order chi connectivity index (χ0) is 11.8. The van der Waals surface area contributed by atoms with E-state index in [1.54, 1.807) is 0 Å². The van der Waals surface area contributed by atoms with Crippen LogP contribution in [0.1, 0.15) is 28.2 Å². The summed E-state index contributed by atoms with van der Waals surface area (Å²) in [4.78, 5) is 15.0. The number of amides is 1. The minimum absolute atomic E-state index is 0.0579. The second kappa shape index (κ2) is 4.14. The van der Waals surface area contributed by atoms with Gasteiger partial charge in [0.1, 0.15) is 5.69 Å². The smallest absolute Gasteiger partial charge is 0.271 e. The number of nitrogens with one attached hydrogen (secondary N) is 1. The summed E-state index contributed by atoms with van der Waals surface area (Å²) in [7, 11) is 4.12. The van der Waals surface area contributed by atoms with Crippen LogP contribution >= 0.6 is 11.5 Å². The Morgan fingerprint density at radius 3 is 2.75 bits per heavy atom. The predicted octanol–water partition coefficient (Wildman–Crippen LogP) is 1.28. The molecule has 0 radical (unpaired) electrons. The summed E-state index contributed by atoms with van der Waals surface area (Å²) < 4.78 is 4.10. The number of rotatable bonds is 4. The summed E-state index contributed by atoms with van der Waals surface area (Å²) in [6, 6.07) is 1.83. The highest BCUT2D eigenvalue weighted by atomic mass is 32.1. The third-order valence-corrected chi connectivity index (χ3v) is 3.91. The van der Waals surface area contributed by atoms with E-state index in [4.69, 9.17) is 0 Å².